The number of carbonyl (C=O) groups is 2. The summed E-state index contributed by atoms with van der Waals surface area (Å²) >= 11 is 0. The molecule has 1 aromatic heterocycles. The molecule has 2 amide bonds. The largest absolute Gasteiger partial charge is 0.467 e. The first-order valence-electron chi connectivity index (χ1n) is 6.96. The van der Waals surface area contributed by atoms with Crippen molar-refractivity contribution in [3.8, 4) is 0 Å². The Morgan fingerprint density at radius 3 is 2.90 bits per heavy atom. The summed E-state index contributed by atoms with van der Waals surface area (Å²) in [5.41, 5.74) is 2.24. The van der Waals surface area contributed by atoms with E-state index in [1.807, 2.05) is 12.1 Å². The standard InChI is InChI=1S/C16H16N2O3/c19-14-8-2-5-11-4-1-7-13(15(11)14)18-16(20)17-10-12-6-3-9-21-12/h1,3-4,6-7,9H,2,5,8,10H2,(H2,17,18,20). The van der Waals surface area contributed by atoms with Gasteiger partial charge in [-0.15, -0.1) is 0 Å². The molecule has 1 aliphatic rings. The van der Waals surface area contributed by atoms with E-state index in [-0.39, 0.29) is 11.8 Å². The Kier molecular flexibility index (Phi) is 3.73. The second-order valence-corrected chi connectivity index (χ2v) is 5.00. The SMILES string of the molecule is O=C(NCc1ccco1)Nc1cccc2c1C(=O)CCC2. The maximum Gasteiger partial charge on any atom is 0.319 e. The number of Topliss-reactive ketones (excluding diaryl/α,β-unsaturated/α-hetero) is 1. The van der Waals surface area contributed by atoms with Crippen molar-refractivity contribution in [2.75, 3.05) is 5.32 Å². The first-order valence-corrected chi connectivity index (χ1v) is 6.96. The second-order valence-electron chi connectivity index (χ2n) is 5.00. The first-order chi connectivity index (χ1) is 10.2. The summed E-state index contributed by atoms with van der Waals surface area (Å²) in [6.45, 7) is 0.307. The lowest BCUT2D eigenvalue weighted by Crippen LogP contribution is -2.29. The summed E-state index contributed by atoms with van der Waals surface area (Å²) < 4.78 is 5.15. The van der Waals surface area contributed by atoms with Gasteiger partial charge in [0.15, 0.2) is 5.78 Å². The number of hydrogen-bond acceptors (Lipinski definition) is 3. The van der Waals surface area contributed by atoms with Gasteiger partial charge in [0.1, 0.15) is 5.76 Å². The highest BCUT2D eigenvalue weighted by Crippen LogP contribution is 2.27. The number of amides is 2. The van der Waals surface area contributed by atoms with E-state index in [4.69, 9.17) is 4.42 Å². The first kappa shape index (κ1) is 13.4. The van der Waals surface area contributed by atoms with Crippen molar-refractivity contribution in [3.63, 3.8) is 0 Å². The molecule has 2 N–H and O–H groups in total. The van der Waals surface area contributed by atoms with Gasteiger partial charge in [-0.2, -0.15) is 0 Å². The zero-order valence-corrected chi connectivity index (χ0v) is 11.5. The molecule has 0 fully saturated rings. The number of ketones is 1. The number of anilines is 1. The fourth-order valence-corrected chi connectivity index (χ4v) is 2.55. The highest BCUT2D eigenvalue weighted by Gasteiger charge is 2.21. The average molecular weight is 284 g/mol. The van der Waals surface area contributed by atoms with E-state index in [1.165, 1.54) is 0 Å². The van der Waals surface area contributed by atoms with Crippen LogP contribution in [0.15, 0.2) is 41.0 Å². The molecule has 5 heteroatoms. The Hall–Kier alpha value is -2.56. The van der Waals surface area contributed by atoms with Gasteiger partial charge >= 0.3 is 6.03 Å². The lowest BCUT2D eigenvalue weighted by molar-refractivity contribution is 0.0973. The van der Waals surface area contributed by atoms with Crippen LogP contribution < -0.4 is 10.6 Å². The van der Waals surface area contributed by atoms with Crippen LogP contribution in [-0.2, 0) is 13.0 Å². The fourth-order valence-electron chi connectivity index (χ4n) is 2.55. The predicted molar refractivity (Wildman–Crippen MR) is 78.3 cm³/mol. The van der Waals surface area contributed by atoms with Crippen LogP contribution in [0.4, 0.5) is 10.5 Å². The molecule has 0 bridgehead atoms. The number of nitrogens with one attached hydrogen (secondary N) is 2. The number of urea groups is 1. The zero-order chi connectivity index (χ0) is 14.7. The molecule has 0 saturated heterocycles. The predicted octanol–water partition coefficient (Wildman–Crippen LogP) is 3.12. The molecule has 0 atom stereocenters. The molecule has 0 unspecified atom stereocenters. The van der Waals surface area contributed by atoms with Gasteiger partial charge in [0.25, 0.3) is 0 Å². The number of fused-ring (bicyclic) bond motifs is 1. The van der Waals surface area contributed by atoms with Crippen LogP contribution in [0.2, 0.25) is 0 Å². The molecule has 1 aromatic carbocycles. The average Bonchev–Trinajstić information content (AvgIpc) is 2.99. The minimum atomic E-state index is -0.349. The Morgan fingerprint density at radius 1 is 1.19 bits per heavy atom. The zero-order valence-electron chi connectivity index (χ0n) is 11.5. The van der Waals surface area contributed by atoms with Gasteiger partial charge in [-0.3, -0.25) is 4.79 Å². The van der Waals surface area contributed by atoms with Crippen molar-refractivity contribution in [1.82, 2.24) is 5.32 Å². The van der Waals surface area contributed by atoms with Crippen LogP contribution in [-0.4, -0.2) is 11.8 Å². The third-order valence-electron chi connectivity index (χ3n) is 3.53. The summed E-state index contributed by atoms with van der Waals surface area (Å²) in [4.78, 5) is 24.0. The second kappa shape index (κ2) is 5.83. The number of benzene rings is 1. The number of carbonyl (C=O) groups excluding carboxylic acids is 2. The normalized spacial score (nSPS) is 13.6. The highest BCUT2D eigenvalue weighted by atomic mass is 16.3. The van der Waals surface area contributed by atoms with Gasteiger partial charge in [-0.25, -0.2) is 4.79 Å². The van der Waals surface area contributed by atoms with Gasteiger partial charge < -0.3 is 15.1 Å². The highest BCUT2D eigenvalue weighted by molar-refractivity contribution is 6.06. The molecule has 1 heterocycles. The number of hydrogen-bond donors (Lipinski definition) is 2. The molecule has 108 valence electrons. The van der Waals surface area contributed by atoms with Crippen molar-refractivity contribution in [3.05, 3.63) is 53.5 Å². The van der Waals surface area contributed by atoms with Crippen LogP contribution in [0, 0.1) is 0 Å². The molecular weight excluding hydrogens is 268 g/mol. The number of aryl methyl sites for hydroxylation is 1. The van der Waals surface area contributed by atoms with Crippen molar-refractivity contribution >= 4 is 17.5 Å². The van der Waals surface area contributed by atoms with Crippen LogP contribution in [0.3, 0.4) is 0 Å². The van der Waals surface area contributed by atoms with Crippen molar-refractivity contribution in [2.45, 2.75) is 25.8 Å². The van der Waals surface area contributed by atoms with E-state index < -0.39 is 0 Å². The third-order valence-corrected chi connectivity index (χ3v) is 3.53. The Labute approximate surface area is 122 Å². The Balaban J connectivity index is 1.70. The minimum absolute atomic E-state index is 0.0955. The topological polar surface area (TPSA) is 71.3 Å². The van der Waals surface area contributed by atoms with Gasteiger partial charge in [-0.05, 0) is 36.6 Å². The summed E-state index contributed by atoms with van der Waals surface area (Å²) in [6, 6.07) is 8.76. The van der Waals surface area contributed by atoms with Crippen molar-refractivity contribution in [1.29, 1.82) is 0 Å². The van der Waals surface area contributed by atoms with Gasteiger partial charge in [0.2, 0.25) is 0 Å². The Bertz CT molecular complexity index is 662. The monoisotopic (exact) mass is 284 g/mol. The van der Waals surface area contributed by atoms with Crippen molar-refractivity contribution < 1.29 is 14.0 Å². The molecule has 2 aromatic rings. The van der Waals surface area contributed by atoms with Crippen LogP contribution >= 0.6 is 0 Å². The minimum Gasteiger partial charge on any atom is -0.467 e. The van der Waals surface area contributed by atoms with Crippen molar-refractivity contribution in [2.24, 2.45) is 0 Å². The molecule has 0 aliphatic heterocycles. The van der Waals surface area contributed by atoms with E-state index in [1.54, 1.807) is 24.5 Å². The quantitative estimate of drug-likeness (QED) is 0.909. The molecule has 21 heavy (non-hydrogen) atoms. The smallest absolute Gasteiger partial charge is 0.319 e. The summed E-state index contributed by atoms with van der Waals surface area (Å²) in [6.07, 6.45) is 3.85. The molecule has 1 aliphatic carbocycles. The van der Waals surface area contributed by atoms with Gasteiger partial charge in [0.05, 0.1) is 18.5 Å². The van der Waals surface area contributed by atoms with Crippen LogP contribution in [0.25, 0.3) is 0 Å². The molecule has 0 saturated carbocycles. The summed E-state index contributed by atoms with van der Waals surface area (Å²) in [5.74, 6) is 0.773. The van der Waals surface area contributed by atoms with Crippen LogP contribution in [0.5, 0.6) is 0 Å². The third kappa shape index (κ3) is 2.97. The van der Waals surface area contributed by atoms with E-state index in [0.29, 0.717) is 30.0 Å². The number of furan rings is 1. The maximum atomic E-state index is 12.0. The fraction of sp³-hybridized carbons (Fsp3) is 0.250. The number of rotatable bonds is 3. The van der Waals surface area contributed by atoms with Crippen LogP contribution in [0.1, 0.15) is 34.5 Å². The lowest BCUT2D eigenvalue weighted by atomic mass is 9.89. The molecule has 0 radical (unpaired) electrons. The Morgan fingerprint density at radius 2 is 2.10 bits per heavy atom. The van der Waals surface area contributed by atoms with Gasteiger partial charge in [-0.1, -0.05) is 12.1 Å². The molecule has 0 spiro atoms. The summed E-state index contributed by atoms with van der Waals surface area (Å²) in [7, 11) is 0. The molecular formula is C16H16N2O3. The van der Waals surface area contributed by atoms with E-state index in [2.05, 4.69) is 10.6 Å². The van der Waals surface area contributed by atoms with E-state index in [9.17, 15) is 9.59 Å². The summed E-state index contributed by atoms with van der Waals surface area (Å²) in [5, 5.41) is 5.45. The maximum absolute atomic E-state index is 12.0. The van der Waals surface area contributed by atoms with E-state index in [0.717, 1.165) is 18.4 Å². The lowest BCUT2D eigenvalue weighted by Gasteiger charge is -2.18. The molecule has 3 rings (SSSR count). The van der Waals surface area contributed by atoms with E-state index >= 15 is 0 Å². The van der Waals surface area contributed by atoms with Gasteiger partial charge in [0, 0.05) is 12.0 Å². The molecule has 5 nitrogen and oxygen atoms in total.